The number of nitrogens with zero attached hydrogens (tertiary/aromatic N) is 3. The van der Waals surface area contributed by atoms with Crippen LogP contribution in [-0.4, -0.2) is 50.9 Å². The number of aromatic amines is 1. The number of benzene rings is 2. The van der Waals surface area contributed by atoms with Crippen LogP contribution in [0.4, 0.5) is 0 Å². The van der Waals surface area contributed by atoms with E-state index in [4.69, 9.17) is 4.74 Å². The highest BCUT2D eigenvalue weighted by molar-refractivity contribution is 5.86. The summed E-state index contributed by atoms with van der Waals surface area (Å²) in [6, 6.07) is 16.2. The predicted molar refractivity (Wildman–Crippen MR) is 132 cm³/mol. The molecule has 0 amide bonds. The molecule has 2 N–H and O–H groups in total. The van der Waals surface area contributed by atoms with Crippen molar-refractivity contribution < 1.29 is 9.84 Å². The monoisotopic (exact) mass is 458 g/mol. The van der Waals surface area contributed by atoms with Crippen LogP contribution in [0.2, 0.25) is 0 Å². The van der Waals surface area contributed by atoms with Crippen LogP contribution in [-0.2, 0) is 13.0 Å². The third kappa shape index (κ3) is 3.18. The minimum Gasteiger partial charge on any atom is -0.497 e. The van der Waals surface area contributed by atoms with E-state index in [0.717, 1.165) is 52.9 Å². The third-order valence-electron chi connectivity index (χ3n) is 7.75. The standard InChI is InChI=1S/C27H30N4O3/c1-29-14-5-6-18(29)13-15-30-26(32)23-16-21-20-7-3-4-8-22(20)28-24(21)25(31(23)27(30)33)17-9-11-19(34-2)12-10-17/h3-4,7-12,18,25,28,32H,5-6,13-16H2,1-2H3/t18?,25-/m0/s1. The van der Waals surface area contributed by atoms with Gasteiger partial charge < -0.3 is 19.7 Å². The van der Waals surface area contributed by atoms with Crippen LogP contribution in [0.15, 0.2) is 53.3 Å². The molecule has 0 radical (unpaired) electrons. The summed E-state index contributed by atoms with van der Waals surface area (Å²) in [7, 11) is 3.79. The van der Waals surface area contributed by atoms with E-state index in [1.165, 1.54) is 6.42 Å². The molecule has 0 aliphatic carbocycles. The second kappa shape index (κ2) is 8.09. The van der Waals surface area contributed by atoms with Crippen LogP contribution < -0.4 is 10.4 Å². The second-order valence-electron chi connectivity index (χ2n) is 9.56. The minimum absolute atomic E-state index is 0.0973. The topological polar surface area (TPSA) is 75.4 Å². The van der Waals surface area contributed by atoms with Gasteiger partial charge in [-0.15, -0.1) is 0 Å². The average Bonchev–Trinajstić information content (AvgIpc) is 3.51. The zero-order chi connectivity index (χ0) is 23.4. The van der Waals surface area contributed by atoms with Crippen LogP contribution in [0.5, 0.6) is 11.6 Å². The maximum atomic E-state index is 13.8. The number of hydrogen-bond acceptors (Lipinski definition) is 4. The molecule has 1 saturated heterocycles. The molecule has 6 rings (SSSR count). The molecule has 0 spiro atoms. The van der Waals surface area contributed by atoms with Gasteiger partial charge in [-0.25, -0.2) is 4.79 Å². The SMILES string of the molecule is COc1ccc([C@H]2c3[nH]c4ccccc4c3Cc3c(O)n(CCC4CCCN4C)c(=O)n32)cc1. The van der Waals surface area contributed by atoms with Crippen LogP contribution in [0.25, 0.3) is 10.9 Å². The number of rotatable bonds is 5. The second-order valence-corrected chi connectivity index (χ2v) is 9.56. The van der Waals surface area contributed by atoms with Crippen molar-refractivity contribution >= 4 is 10.9 Å². The number of fused-ring (bicyclic) bond motifs is 4. The van der Waals surface area contributed by atoms with E-state index >= 15 is 0 Å². The Kier molecular flexibility index (Phi) is 5.03. The molecule has 2 atom stereocenters. The number of imidazole rings is 1. The number of H-pyrrole nitrogens is 1. The van der Waals surface area contributed by atoms with Crippen molar-refractivity contribution in [2.24, 2.45) is 0 Å². The average molecular weight is 459 g/mol. The van der Waals surface area contributed by atoms with Crippen molar-refractivity contribution in [2.75, 3.05) is 20.7 Å². The first-order valence-corrected chi connectivity index (χ1v) is 12.0. The van der Waals surface area contributed by atoms with E-state index in [1.807, 2.05) is 36.4 Å². The van der Waals surface area contributed by atoms with Crippen molar-refractivity contribution in [1.82, 2.24) is 19.0 Å². The van der Waals surface area contributed by atoms with Gasteiger partial charge in [0.1, 0.15) is 11.8 Å². The molecule has 7 nitrogen and oxygen atoms in total. The maximum absolute atomic E-state index is 13.8. The van der Waals surface area contributed by atoms with E-state index in [-0.39, 0.29) is 17.6 Å². The van der Waals surface area contributed by atoms with E-state index in [0.29, 0.717) is 24.7 Å². The third-order valence-corrected chi connectivity index (χ3v) is 7.75. The lowest BCUT2D eigenvalue weighted by molar-refractivity contribution is 0.280. The highest BCUT2D eigenvalue weighted by atomic mass is 16.5. The normalized spacial score (nSPS) is 19.9. The number of aromatic hydroxyl groups is 1. The van der Waals surface area contributed by atoms with Gasteiger partial charge in [0.25, 0.3) is 0 Å². The summed E-state index contributed by atoms with van der Waals surface area (Å²) in [6.45, 7) is 1.61. The number of ether oxygens (including phenoxy) is 1. The molecule has 2 aromatic carbocycles. The number of methoxy groups -OCH3 is 1. The molecule has 7 heteroatoms. The van der Waals surface area contributed by atoms with Gasteiger partial charge in [-0.1, -0.05) is 30.3 Å². The Labute approximate surface area is 198 Å². The molecule has 1 fully saturated rings. The number of para-hydroxylation sites is 1. The highest BCUT2D eigenvalue weighted by Crippen LogP contribution is 2.41. The Morgan fingerprint density at radius 2 is 1.94 bits per heavy atom. The van der Waals surface area contributed by atoms with Gasteiger partial charge in [-0.2, -0.15) is 0 Å². The van der Waals surface area contributed by atoms with Gasteiger partial charge in [0, 0.05) is 35.6 Å². The Balaban J connectivity index is 1.49. The lowest BCUT2D eigenvalue weighted by Crippen LogP contribution is -2.33. The molecule has 2 aromatic heterocycles. The Bertz CT molecular complexity index is 1410. The largest absolute Gasteiger partial charge is 0.497 e. The Morgan fingerprint density at radius 3 is 2.68 bits per heavy atom. The maximum Gasteiger partial charge on any atom is 0.332 e. The summed E-state index contributed by atoms with van der Waals surface area (Å²) in [5.74, 6) is 0.866. The van der Waals surface area contributed by atoms with Crippen molar-refractivity contribution in [1.29, 1.82) is 0 Å². The summed E-state index contributed by atoms with van der Waals surface area (Å²) >= 11 is 0. The molecule has 0 bridgehead atoms. The number of nitrogens with one attached hydrogen (secondary N) is 1. The van der Waals surface area contributed by atoms with Gasteiger partial charge in [-0.05, 0) is 62.2 Å². The molecule has 1 unspecified atom stereocenters. The zero-order valence-electron chi connectivity index (χ0n) is 19.6. The molecule has 4 aromatic rings. The number of aromatic nitrogens is 3. The summed E-state index contributed by atoms with van der Waals surface area (Å²) < 4.78 is 8.72. The molecule has 4 heterocycles. The minimum atomic E-state index is -0.342. The van der Waals surface area contributed by atoms with Gasteiger partial charge in [0.15, 0.2) is 0 Å². The summed E-state index contributed by atoms with van der Waals surface area (Å²) in [5.41, 5.74) is 4.69. The fourth-order valence-electron chi connectivity index (χ4n) is 5.90. The van der Waals surface area contributed by atoms with Crippen molar-refractivity contribution in [2.45, 2.75) is 44.3 Å². The Hall–Kier alpha value is -3.45. The number of hydrogen-bond donors (Lipinski definition) is 2. The van der Waals surface area contributed by atoms with Crippen LogP contribution in [0.1, 0.15) is 47.8 Å². The van der Waals surface area contributed by atoms with Crippen LogP contribution >= 0.6 is 0 Å². The highest BCUT2D eigenvalue weighted by Gasteiger charge is 2.35. The van der Waals surface area contributed by atoms with Crippen LogP contribution in [0, 0.1) is 0 Å². The van der Waals surface area contributed by atoms with Crippen molar-refractivity contribution in [3.63, 3.8) is 0 Å². The molecule has 34 heavy (non-hydrogen) atoms. The van der Waals surface area contributed by atoms with Gasteiger partial charge in [-0.3, -0.25) is 9.13 Å². The van der Waals surface area contributed by atoms with Crippen molar-refractivity contribution in [3.05, 3.63) is 81.5 Å². The summed E-state index contributed by atoms with van der Waals surface area (Å²) in [4.78, 5) is 19.7. The Morgan fingerprint density at radius 1 is 1.15 bits per heavy atom. The molecular weight excluding hydrogens is 428 g/mol. The molecule has 176 valence electrons. The van der Waals surface area contributed by atoms with Gasteiger partial charge >= 0.3 is 5.69 Å². The summed E-state index contributed by atoms with van der Waals surface area (Å²) in [6.07, 6.45) is 3.71. The predicted octanol–water partition coefficient (Wildman–Crippen LogP) is 3.87. The molecule has 0 saturated carbocycles. The van der Waals surface area contributed by atoms with E-state index in [2.05, 4.69) is 29.1 Å². The summed E-state index contributed by atoms with van der Waals surface area (Å²) in [5, 5.41) is 12.4. The quantitative estimate of drug-likeness (QED) is 0.419. The lowest BCUT2D eigenvalue weighted by atomic mass is 9.93. The first kappa shape index (κ1) is 21.1. The zero-order valence-corrected chi connectivity index (χ0v) is 19.6. The molecule has 2 aliphatic heterocycles. The number of likely N-dealkylation sites (tertiary alicyclic amines) is 1. The first-order valence-electron chi connectivity index (χ1n) is 12.0. The first-order chi connectivity index (χ1) is 16.6. The fraction of sp³-hybridized carbons (Fsp3) is 0.370. The van der Waals surface area contributed by atoms with Gasteiger partial charge in [0.05, 0.1) is 12.8 Å². The molecular formula is C27H30N4O3. The van der Waals surface area contributed by atoms with E-state index in [1.54, 1.807) is 16.2 Å². The lowest BCUT2D eigenvalue weighted by Gasteiger charge is -2.26. The fourth-order valence-corrected chi connectivity index (χ4v) is 5.90. The van der Waals surface area contributed by atoms with E-state index in [9.17, 15) is 9.90 Å². The van der Waals surface area contributed by atoms with Crippen LogP contribution in [0.3, 0.4) is 0 Å². The van der Waals surface area contributed by atoms with E-state index < -0.39 is 0 Å². The smallest absolute Gasteiger partial charge is 0.332 e. The van der Waals surface area contributed by atoms with Gasteiger partial charge in [0.2, 0.25) is 5.88 Å². The molecule has 2 aliphatic rings. The van der Waals surface area contributed by atoms with Crippen molar-refractivity contribution in [3.8, 4) is 11.6 Å².